The van der Waals surface area contributed by atoms with Gasteiger partial charge in [0.15, 0.2) is 6.61 Å². The summed E-state index contributed by atoms with van der Waals surface area (Å²) in [6.45, 7) is -0.153. The Morgan fingerprint density at radius 3 is 2.71 bits per heavy atom. The van der Waals surface area contributed by atoms with Crippen molar-refractivity contribution in [3.63, 3.8) is 0 Å². The molecule has 0 N–H and O–H groups in total. The van der Waals surface area contributed by atoms with E-state index in [0.29, 0.717) is 17.1 Å². The van der Waals surface area contributed by atoms with E-state index in [9.17, 15) is 4.79 Å². The van der Waals surface area contributed by atoms with Crippen molar-refractivity contribution < 1.29 is 13.9 Å². The first-order valence-corrected chi connectivity index (χ1v) is 6.99. The van der Waals surface area contributed by atoms with Crippen molar-refractivity contribution >= 4 is 23.6 Å². The highest BCUT2D eigenvalue weighted by Gasteiger charge is 2.14. The van der Waals surface area contributed by atoms with Crippen LogP contribution in [-0.4, -0.2) is 12.6 Å². The summed E-state index contributed by atoms with van der Waals surface area (Å²) in [6, 6.07) is 11.5. The van der Waals surface area contributed by atoms with E-state index in [1.165, 1.54) is 18.2 Å². The molecule has 0 saturated heterocycles. The van der Waals surface area contributed by atoms with Crippen LogP contribution < -0.4 is 0 Å². The van der Waals surface area contributed by atoms with Crippen LogP contribution in [0.25, 0.3) is 17.4 Å². The maximum atomic E-state index is 11.9. The first kappa shape index (κ1) is 16.9. The standard InChI is InChI=1S/C18H9ClN2O3/c1-2-7-23-18(22)15-9-13(3-5-16(15)19)17-6-4-14(24-17)8-12(10-20)11-21/h1,3-6,8-9H,7H2. The third-order valence-electron chi connectivity index (χ3n) is 2.91. The first-order chi connectivity index (χ1) is 11.6. The number of nitrogens with zero attached hydrogens (tertiary/aromatic N) is 2. The van der Waals surface area contributed by atoms with Gasteiger partial charge in [-0.1, -0.05) is 17.5 Å². The van der Waals surface area contributed by atoms with Gasteiger partial charge in [-0.25, -0.2) is 4.79 Å². The molecule has 2 aromatic rings. The number of carbonyl (C=O) groups is 1. The van der Waals surface area contributed by atoms with Gasteiger partial charge in [0.2, 0.25) is 0 Å². The zero-order chi connectivity index (χ0) is 17.5. The lowest BCUT2D eigenvalue weighted by atomic mass is 10.1. The zero-order valence-electron chi connectivity index (χ0n) is 12.2. The van der Waals surface area contributed by atoms with Crippen LogP contribution in [0.5, 0.6) is 0 Å². The number of ether oxygens (including phenoxy) is 1. The minimum atomic E-state index is -0.636. The lowest BCUT2D eigenvalue weighted by Gasteiger charge is -2.05. The first-order valence-electron chi connectivity index (χ1n) is 6.61. The number of carbonyl (C=O) groups excluding carboxylic acids is 1. The largest absolute Gasteiger partial charge is 0.457 e. The Bertz CT molecular complexity index is 920. The number of hydrogen-bond acceptors (Lipinski definition) is 5. The molecule has 0 fully saturated rings. The van der Waals surface area contributed by atoms with E-state index in [-0.39, 0.29) is 22.8 Å². The average Bonchev–Trinajstić information content (AvgIpc) is 3.06. The number of hydrogen-bond donors (Lipinski definition) is 0. The Kier molecular flexibility index (Phi) is 5.42. The third-order valence-corrected chi connectivity index (χ3v) is 3.24. The quantitative estimate of drug-likeness (QED) is 0.481. The maximum absolute atomic E-state index is 11.9. The molecule has 5 nitrogen and oxygen atoms in total. The van der Waals surface area contributed by atoms with Crippen molar-refractivity contribution in [1.29, 1.82) is 10.5 Å². The highest BCUT2D eigenvalue weighted by molar-refractivity contribution is 6.33. The molecule has 0 aliphatic carbocycles. The molecule has 1 heterocycles. The molecule has 24 heavy (non-hydrogen) atoms. The minimum Gasteiger partial charge on any atom is -0.457 e. The minimum absolute atomic E-state index is 0.0782. The van der Waals surface area contributed by atoms with E-state index in [4.69, 9.17) is 37.7 Å². The Morgan fingerprint density at radius 2 is 2.04 bits per heavy atom. The highest BCUT2D eigenvalue weighted by Crippen LogP contribution is 2.28. The van der Waals surface area contributed by atoms with Gasteiger partial charge in [-0.2, -0.15) is 10.5 Å². The molecule has 1 aromatic carbocycles. The second-order valence-electron chi connectivity index (χ2n) is 4.46. The molecule has 0 aliphatic rings. The van der Waals surface area contributed by atoms with Crippen LogP contribution in [0.15, 0.2) is 40.3 Å². The number of halogens is 1. The van der Waals surface area contributed by atoms with Crippen molar-refractivity contribution in [2.75, 3.05) is 6.61 Å². The van der Waals surface area contributed by atoms with E-state index in [1.54, 1.807) is 30.3 Å². The molecule has 0 amide bonds. The number of esters is 1. The van der Waals surface area contributed by atoms with Gasteiger partial charge < -0.3 is 9.15 Å². The van der Waals surface area contributed by atoms with E-state index < -0.39 is 5.97 Å². The molecule has 116 valence electrons. The van der Waals surface area contributed by atoms with Crippen molar-refractivity contribution in [2.24, 2.45) is 0 Å². The fourth-order valence-electron chi connectivity index (χ4n) is 1.84. The molecule has 2 rings (SSSR count). The fraction of sp³-hybridized carbons (Fsp3) is 0.0556. The Morgan fingerprint density at radius 1 is 1.29 bits per heavy atom. The smallest absolute Gasteiger partial charge is 0.340 e. The van der Waals surface area contributed by atoms with Crippen LogP contribution >= 0.6 is 11.6 Å². The lowest BCUT2D eigenvalue weighted by molar-refractivity contribution is 0.0557. The van der Waals surface area contributed by atoms with Gasteiger partial charge in [-0.3, -0.25) is 0 Å². The lowest BCUT2D eigenvalue weighted by Crippen LogP contribution is -2.06. The summed E-state index contributed by atoms with van der Waals surface area (Å²) in [4.78, 5) is 11.9. The Hall–Kier alpha value is -3.46. The predicted molar refractivity (Wildman–Crippen MR) is 87.5 cm³/mol. The van der Waals surface area contributed by atoms with Gasteiger partial charge in [0.1, 0.15) is 29.2 Å². The van der Waals surface area contributed by atoms with Crippen LogP contribution in [0.4, 0.5) is 0 Å². The van der Waals surface area contributed by atoms with Crippen molar-refractivity contribution in [2.45, 2.75) is 0 Å². The summed E-state index contributed by atoms with van der Waals surface area (Å²) in [5, 5.41) is 17.7. The van der Waals surface area contributed by atoms with Gasteiger partial charge >= 0.3 is 5.97 Å². The molecular weight excluding hydrogens is 328 g/mol. The SMILES string of the molecule is C#CCOC(=O)c1cc(-c2ccc(C=C(C#N)C#N)o2)ccc1Cl. The molecule has 0 radical (unpaired) electrons. The summed E-state index contributed by atoms with van der Waals surface area (Å²) < 4.78 is 10.4. The second kappa shape index (κ2) is 7.70. The molecule has 0 saturated carbocycles. The van der Waals surface area contributed by atoms with Crippen molar-refractivity contribution in [1.82, 2.24) is 0 Å². The molecule has 0 bridgehead atoms. The summed E-state index contributed by atoms with van der Waals surface area (Å²) in [5.74, 6) is 2.35. The van der Waals surface area contributed by atoms with Crippen LogP contribution in [0.2, 0.25) is 5.02 Å². The third kappa shape index (κ3) is 3.84. The molecule has 0 unspecified atom stereocenters. The molecule has 0 spiro atoms. The monoisotopic (exact) mass is 336 g/mol. The van der Waals surface area contributed by atoms with Crippen LogP contribution in [-0.2, 0) is 4.74 Å². The number of furan rings is 1. The maximum Gasteiger partial charge on any atom is 0.340 e. The zero-order valence-corrected chi connectivity index (χ0v) is 13.0. The number of allylic oxidation sites excluding steroid dienone is 1. The van der Waals surface area contributed by atoms with E-state index in [1.807, 2.05) is 0 Å². The van der Waals surface area contributed by atoms with Crippen LogP contribution in [0.1, 0.15) is 16.1 Å². The molecular formula is C18H9ClN2O3. The van der Waals surface area contributed by atoms with Crippen molar-refractivity contribution in [3.05, 3.63) is 52.3 Å². The normalized spacial score (nSPS) is 9.25. The van der Waals surface area contributed by atoms with Gasteiger partial charge in [0.25, 0.3) is 0 Å². The van der Waals surface area contributed by atoms with Gasteiger partial charge in [-0.15, -0.1) is 6.42 Å². The fourth-order valence-corrected chi connectivity index (χ4v) is 2.03. The number of nitriles is 2. The molecule has 1 aromatic heterocycles. The van der Waals surface area contributed by atoms with Gasteiger partial charge in [-0.05, 0) is 30.3 Å². The van der Waals surface area contributed by atoms with E-state index in [0.717, 1.165) is 0 Å². The number of rotatable bonds is 4. The van der Waals surface area contributed by atoms with Crippen LogP contribution in [0.3, 0.4) is 0 Å². The van der Waals surface area contributed by atoms with Crippen LogP contribution in [0, 0.1) is 35.0 Å². The Balaban J connectivity index is 2.35. The topological polar surface area (TPSA) is 87.0 Å². The summed E-state index contributed by atoms with van der Waals surface area (Å²) in [6.07, 6.45) is 6.37. The van der Waals surface area contributed by atoms with Gasteiger partial charge in [0.05, 0.1) is 10.6 Å². The predicted octanol–water partition coefficient (Wildman–Crippen LogP) is 3.82. The van der Waals surface area contributed by atoms with Crippen molar-refractivity contribution in [3.8, 4) is 35.8 Å². The summed E-state index contributed by atoms with van der Waals surface area (Å²) in [5.41, 5.74) is 0.667. The molecule has 0 aliphatic heterocycles. The number of benzene rings is 1. The molecule has 0 atom stereocenters. The summed E-state index contributed by atoms with van der Waals surface area (Å²) in [7, 11) is 0. The molecule has 6 heteroatoms. The summed E-state index contributed by atoms with van der Waals surface area (Å²) >= 11 is 6.00. The second-order valence-corrected chi connectivity index (χ2v) is 4.87. The van der Waals surface area contributed by atoms with E-state index >= 15 is 0 Å². The highest BCUT2D eigenvalue weighted by atomic mass is 35.5. The Labute approximate surface area is 143 Å². The van der Waals surface area contributed by atoms with E-state index in [2.05, 4.69) is 5.92 Å². The average molecular weight is 337 g/mol. The van der Waals surface area contributed by atoms with Gasteiger partial charge in [0, 0.05) is 11.6 Å². The number of terminal acetylenes is 1.